The van der Waals surface area contributed by atoms with Gasteiger partial charge in [-0.2, -0.15) is 0 Å². The topological polar surface area (TPSA) is 23.6 Å². The summed E-state index contributed by atoms with van der Waals surface area (Å²) in [4.78, 5) is 18.1. The third kappa shape index (κ3) is 2.48. The van der Waals surface area contributed by atoms with Gasteiger partial charge in [-0.05, 0) is 60.8 Å². The van der Waals surface area contributed by atoms with Crippen LogP contribution in [-0.4, -0.2) is 47.4 Å². The molecule has 0 N–H and O–H groups in total. The fraction of sp³-hybridized carbons (Fsp3) is 0.643. The van der Waals surface area contributed by atoms with Gasteiger partial charge in [0.15, 0.2) is 0 Å². The van der Waals surface area contributed by atoms with Crippen molar-refractivity contribution in [1.82, 2.24) is 9.80 Å². The number of nitrogens with zero attached hydrogens (tertiary/aromatic N) is 2. The van der Waals surface area contributed by atoms with Gasteiger partial charge in [-0.25, -0.2) is 0 Å². The molecule has 5 heteroatoms. The van der Waals surface area contributed by atoms with E-state index < -0.39 is 0 Å². The molecule has 0 radical (unpaired) electrons. The third-order valence-electron chi connectivity index (χ3n) is 4.27. The summed E-state index contributed by atoms with van der Waals surface area (Å²) in [5.74, 6) is 0.206. The summed E-state index contributed by atoms with van der Waals surface area (Å²) in [6.45, 7) is 7.34. The van der Waals surface area contributed by atoms with Crippen LogP contribution in [0.4, 0.5) is 0 Å². The van der Waals surface area contributed by atoms with Gasteiger partial charge >= 0.3 is 0 Å². The monoisotopic (exact) mass is 342 g/mol. The van der Waals surface area contributed by atoms with Crippen LogP contribution in [-0.2, 0) is 0 Å². The van der Waals surface area contributed by atoms with Crippen molar-refractivity contribution in [3.05, 3.63) is 20.3 Å². The molecular formula is C14H19BrN2OS. The Hall–Kier alpha value is -0.390. The molecule has 0 spiro atoms. The Labute approximate surface area is 126 Å². The van der Waals surface area contributed by atoms with Gasteiger partial charge in [0, 0.05) is 25.2 Å². The normalized spacial score (nSPS) is 27.6. The molecule has 2 unspecified atom stereocenters. The van der Waals surface area contributed by atoms with Gasteiger partial charge in [0.2, 0.25) is 0 Å². The molecule has 0 aliphatic carbocycles. The SMILES string of the molecule is Cc1cc(C(=O)N2CC3CCCN3CC2C)sc1Br. The third-order valence-corrected chi connectivity index (χ3v) is 6.39. The summed E-state index contributed by atoms with van der Waals surface area (Å²) in [6, 6.07) is 2.91. The van der Waals surface area contributed by atoms with E-state index in [1.165, 1.54) is 19.4 Å². The van der Waals surface area contributed by atoms with Crippen molar-refractivity contribution in [3.8, 4) is 0 Å². The van der Waals surface area contributed by atoms with Crippen LogP contribution in [0.2, 0.25) is 0 Å². The predicted octanol–water partition coefficient (Wildman–Crippen LogP) is 3.13. The maximum Gasteiger partial charge on any atom is 0.264 e. The van der Waals surface area contributed by atoms with E-state index in [0.29, 0.717) is 12.1 Å². The Morgan fingerprint density at radius 1 is 1.47 bits per heavy atom. The van der Waals surface area contributed by atoms with Gasteiger partial charge in [-0.1, -0.05) is 0 Å². The Bertz CT molecular complexity index is 482. The van der Waals surface area contributed by atoms with Gasteiger partial charge in [-0.3, -0.25) is 9.69 Å². The molecule has 2 saturated heterocycles. The second kappa shape index (κ2) is 5.19. The van der Waals surface area contributed by atoms with Crippen molar-refractivity contribution < 1.29 is 4.79 Å². The van der Waals surface area contributed by atoms with Crippen LogP contribution >= 0.6 is 27.3 Å². The van der Waals surface area contributed by atoms with Crippen molar-refractivity contribution >= 4 is 33.2 Å². The lowest BCUT2D eigenvalue weighted by molar-refractivity contribution is 0.0400. The number of carbonyl (C=O) groups is 1. The Balaban J connectivity index is 1.79. The number of hydrogen-bond donors (Lipinski definition) is 0. The fourth-order valence-corrected chi connectivity index (χ4v) is 4.67. The lowest BCUT2D eigenvalue weighted by Gasteiger charge is -2.42. The van der Waals surface area contributed by atoms with E-state index in [1.807, 2.05) is 13.0 Å². The van der Waals surface area contributed by atoms with E-state index in [1.54, 1.807) is 11.3 Å². The summed E-state index contributed by atoms with van der Waals surface area (Å²) >= 11 is 5.06. The molecule has 2 aliphatic rings. The summed E-state index contributed by atoms with van der Waals surface area (Å²) in [6.07, 6.45) is 2.52. The van der Waals surface area contributed by atoms with Crippen molar-refractivity contribution in [3.63, 3.8) is 0 Å². The number of rotatable bonds is 1. The summed E-state index contributed by atoms with van der Waals surface area (Å²) in [7, 11) is 0. The standard InChI is InChI=1S/C14H19BrN2OS/c1-9-6-12(19-13(9)15)14(18)17-8-11-4-3-5-16(11)7-10(17)2/h6,10-11H,3-5,7-8H2,1-2H3. The zero-order valence-corrected chi connectivity index (χ0v) is 13.8. The van der Waals surface area contributed by atoms with Gasteiger partial charge in [0.1, 0.15) is 0 Å². The molecule has 0 saturated carbocycles. The first-order valence-electron chi connectivity index (χ1n) is 6.87. The van der Waals surface area contributed by atoms with Gasteiger partial charge in [0.25, 0.3) is 5.91 Å². The van der Waals surface area contributed by atoms with Crippen molar-refractivity contribution in [1.29, 1.82) is 0 Å². The number of aryl methyl sites for hydroxylation is 1. The molecule has 1 amide bonds. The first-order valence-corrected chi connectivity index (χ1v) is 8.48. The molecule has 3 nitrogen and oxygen atoms in total. The van der Waals surface area contributed by atoms with Crippen LogP contribution in [0.15, 0.2) is 9.85 Å². The minimum absolute atomic E-state index is 0.206. The zero-order valence-electron chi connectivity index (χ0n) is 11.4. The average Bonchev–Trinajstić information content (AvgIpc) is 2.94. The lowest BCUT2D eigenvalue weighted by Crippen LogP contribution is -2.56. The molecule has 0 aromatic carbocycles. The Morgan fingerprint density at radius 3 is 2.95 bits per heavy atom. The largest absolute Gasteiger partial charge is 0.332 e. The van der Waals surface area contributed by atoms with E-state index >= 15 is 0 Å². The highest BCUT2D eigenvalue weighted by Crippen LogP contribution is 2.31. The molecule has 2 fully saturated rings. The molecule has 2 atom stereocenters. The first kappa shape index (κ1) is 13.6. The predicted molar refractivity (Wildman–Crippen MR) is 81.8 cm³/mol. The van der Waals surface area contributed by atoms with Gasteiger partial charge in [0.05, 0.1) is 8.66 Å². The van der Waals surface area contributed by atoms with Crippen LogP contribution in [0.25, 0.3) is 0 Å². The van der Waals surface area contributed by atoms with Crippen molar-refractivity contribution in [2.45, 2.75) is 38.8 Å². The van der Waals surface area contributed by atoms with E-state index in [2.05, 4.69) is 32.7 Å². The number of fused-ring (bicyclic) bond motifs is 1. The molecule has 2 aliphatic heterocycles. The fourth-order valence-electron chi connectivity index (χ4n) is 3.18. The van der Waals surface area contributed by atoms with Crippen molar-refractivity contribution in [2.75, 3.05) is 19.6 Å². The summed E-state index contributed by atoms with van der Waals surface area (Å²) < 4.78 is 1.07. The molecule has 1 aromatic heterocycles. The summed E-state index contributed by atoms with van der Waals surface area (Å²) in [5.41, 5.74) is 1.15. The van der Waals surface area contributed by atoms with E-state index in [0.717, 1.165) is 27.3 Å². The highest BCUT2D eigenvalue weighted by atomic mass is 79.9. The molecule has 1 aromatic rings. The molecule has 19 heavy (non-hydrogen) atoms. The van der Waals surface area contributed by atoms with Gasteiger partial charge < -0.3 is 4.90 Å². The number of thiophene rings is 1. The number of amides is 1. The van der Waals surface area contributed by atoms with Crippen LogP contribution < -0.4 is 0 Å². The summed E-state index contributed by atoms with van der Waals surface area (Å²) in [5, 5.41) is 0. The van der Waals surface area contributed by atoms with Crippen LogP contribution in [0.1, 0.15) is 35.0 Å². The average molecular weight is 343 g/mol. The molecule has 3 rings (SSSR count). The quantitative estimate of drug-likeness (QED) is 0.782. The van der Waals surface area contributed by atoms with Crippen LogP contribution in [0.3, 0.4) is 0 Å². The van der Waals surface area contributed by atoms with Crippen molar-refractivity contribution in [2.24, 2.45) is 0 Å². The lowest BCUT2D eigenvalue weighted by atomic mass is 10.1. The first-order chi connectivity index (χ1) is 9.06. The van der Waals surface area contributed by atoms with Crippen LogP contribution in [0, 0.1) is 6.92 Å². The van der Waals surface area contributed by atoms with E-state index in [-0.39, 0.29) is 5.91 Å². The second-order valence-electron chi connectivity index (χ2n) is 5.66. The van der Waals surface area contributed by atoms with Crippen LogP contribution in [0.5, 0.6) is 0 Å². The number of piperazine rings is 1. The smallest absolute Gasteiger partial charge is 0.264 e. The molecule has 104 valence electrons. The molecule has 3 heterocycles. The molecule has 0 bridgehead atoms. The van der Waals surface area contributed by atoms with E-state index in [4.69, 9.17) is 0 Å². The minimum Gasteiger partial charge on any atom is -0.332 e. The maximum atomic E-state index is 12.7. The second-order valence-corrected chi connectivity index (χ2v) is 8.03. The Morgan fingerprint density at radius 2 is 2.26 bits per heavy atom. The number of halogens is 1. The highest BCUT2D eigenvalue weighted by molar-refractivity contribution is 9.11. The zero-order chi connectivity index (χ0) is 13.6. The van der Waals surface area contributed by atoms with E-state index in [9.17, 15) is 4.79 Å². The molecular weight excluding hydrogens is 324 g/mol. The number of carbonyl (C=O) groups excluding carboxylic acids is 1. The number of hydrogen-bond acceptors (Lipinski definition) is 3. The minimum atomic E-state index is 0.206. The maximum absolute atomic E-state index is 12.7. The Kier molecular flexibility index (Phi) is 3.71. The highest BCUT2D eigenvalue weighted by Gasteiger charge is 2.37. The van der Waals surface area contributed by atoms with Gasteiger partial charge in [-0.15, -0.1) is 11.3 Å².